The Bertz CT molecular complexity index is 634. The average molecular weight is 503 g/mol. The van der Waals surface area contributed by atoms with Crippen molar-refractivity contribution in [2.45, 2.75) is 13.8 Å². The first-order chi connectivity index (χ1) is 13.2. The average Bonchev–Trinajstić information content (AvgIpc) is 2.71. The molecule has 0 radical (unpaired) electrons. The second kappa shape index (κ2) is 13.2. The van der Waals surface area contributed by atoms with Crippen LogP contribution in [0.1, 0.15) is 24.2 Å². The van der Waals surface area contributed by atoms with Crippen molar-refractivity contribution in [3.63, 3.8) is 0 Å². The first kappa shape index (κ1) is 24.0. The van der Waals surface area contributed by atoms with Gasteiger partial charge < -0.3 is 25.2 Å². The smallest absolute Gasteiger partial charge is 0.409 e. The molecule has 1 aliphatic rings. The quantitative estimate of drug-likeness (QED) is 0.268. The van der Waals surface area contributed by atoms with E-state index in [-0.39, 0.29) is 36.0 Å². The monoisotopic (exact) mass is 503 g/mol. The summed E-state index contributed by atoms with van der Waals surface area (Å²) in [6, 6.07) is 9.13. The zero-order valence-electron chi connectivity index (χ0n) is 16.5. The van der Waals surface area contributed by atoms with Crippen LogP contribution in [0, 0.1) is 0 Å². The predicted octanol–water partition coefficient (Wildman–Crippen LogP) is 1.77. The highest BCUT2D eigenvalue weighted by atomic mass is 127. The van der Waals surface area contributed by atoms with Gasteiger partial charge >= 0.3 is 6.09 Å². The van der Waals surface area contributed by atoms with Crippen molar-refractivity contribution in [3.8, 4) is 0 Å². The number of nitrogens with one attached hydrogen (secondary N) is 2. The van der Waals surface area contributed by atoms with Gasteiger partial charge in [-0.1, -0.05) is 18.2 Å². The number of ether oxygens (including phenoxy) is 1. The van der Waals surface area contributed by atoms with Gasteiger partial charge in [0, 0.05) is 44.8 Å². The third-order valence-electron chi connectivity index (χ3n) is 4.14. The Kier molecular flexibility index (Phi) is 11.3. The molecule has 0 bridgehead atoms. The van der Waals surface area contributed by atoms with Crippen molar-refractivity contribution < 1.29 is 14.3 Å². The molecule has 2 amide bonds. The maximum Gasteiger partial charge on any atom is 0.409 e. The Morgan fingerprint density at radius 1 is 1.04 bits per heavy atom. The van der Waals surface area contributed by atoms with Gasteiger partial charge in [0.15, 0.2) is 5.96 Å². The molecular formula is C19H30IN5O3. The predicted molar refractivity (Wildman–Crippen MR) is 120 cm³/mol. The fourth-order valence-electron chi connectivity index (χ4n) is 2.76. The largest absolute Gasteiger partial charge is 0.450 e. The standard InChI is InChI=1S/C19H29N5O3.HI/c1-3-20-18(23-12-14-24(15-13-23)19(26)27-4-2)22-11-10-21-17(25)16-8-6-5-7-9-16;/h5-9H,3-4,10-15H2,1-2H3,(H,20,22)(H,21,25);1H. The number of carbonyl (C=O) groups is 2. The first-order valence-corrected chi connectivity index (χ1v) is 9.44. The summed E-state index contributed by atoms with van der Waals surface area (Å²) in [5.41, 5.74) is 0.642. The van der Waals surface area contributed by atoms with E-state index in [0.717, 1.165) is 12.5 Å². The maximum absolute atomic E-state index is 12.0. The van der Waals surface area contributed by atoms with Gasteiger partial charge in [0.05, 0.1) is 13.2 Å². The Balaban J connectivity index is 0.00000392. The minimum atomic E-state index is -0.261. The topological polar surface area (TPSA) is 86.3 Å². The van der Waals surface area contributed by atoms with E-state index in [2.05, 4.69) is 20.5 Å². The van der Waals surface area contributed by atoms with Crippen LogP contribution in [-0.4, -0.2) is 80.2 Å². The summed E-state index contributed by atoms with van der Waals surface area (Å²) < 4.78 is 5.05. The maximum atomic E-state index is 12.0. The molecule has 1 aliphatic heterocycles. The molecule has 1 saturated heterocycles. The van der Waals surface area contributed by atoms with Crippen LogP contribution in [0.15, 0.2) is 35.3 Å². The van der Waals surface area contributed by atoms with E-state index in [1.165, 1.54) is 0 Å². The van der Waals surface area contributed by atoms with Crippen LogP contribution in [0.5, 0.6) is 0 Å². The lowest BCUT2D eigenvalue weighted by Gasteiger charge is -2.35. The number of guanidine groups is 1. The molecule has 8 nitrogen and oxygen atoms in total. The van der Waals surface area contributed by atoms with Crippen LogP contribution in [0.4, 0.5) is 4.79 Å². The highest BCUT2D eigenvalue weighted by Crippen LogP contribution is 2.04. The van der Waals surface area contributed by atoms with Gasteiger partial charge in [0.25, 0.3) is 5.91 Å². The Morgan fingerprint density at radius 3 is 2.29 bits per heavy atom. The SMILES string of the molecule is CCNC(=NCCNC(=O)c1ccccc1)N1CCN(C(=O)OCC)CC1.I. The van der Waals surface area contributed by atoms with Gasteiger partial charge in [-0.2, -0.15) is 0 Å². The molecule has 0 atom stereocenters. The summed E-state index contributed by atoms with van der Waals surface area (Å²) >= 11 is 0. The fourth-order valence-corrected chi connectivity index (χ4v) is 2.76. The molecule has 0 aliphatic carbocycles. The van der Waals surface area contributed by atoms with Crippen molar-refractivity contribution in [3.05, 3.63) is 35.9 Å². The van der Waals surface area contributed by atoms with Crippen molar-refractivity contribution in [1.29, 1.82) is 0 Å². The molecule has 9 heteroatoms. The Labute approximate surface area is 183 Å². The van der Waals surface area contributed by atoms with E-state index in [1.54, 1.807) is 24.0 Å². The number of rotatable bonds is 6. The van der Waals surface area contributed by atoms with Crippen molar-refractivity contribution >= 4 is 41.9 Å². The van der Waals surface area contributed by atoms with Crippen molar-refractivity contribution in [2.75, 3.05) is 52.4 Å². The van der Waals surface area contributed by atoms with E-state index in [9.17, 15) is 9.59 Å². The molecule has 0 spiro atoms. The number of nitrogens with zero attached hydrogens (tertiary/aromatic N) is 3. The molecule has 1 aromatic carbocycles. The number of piperazine rings is 1. The van der Waals surface area contributed by atoms with Gasteiger partial charge in [0.2, 0.25) is 0 Å². The zero-order chi connectivity index (χ0) is 19.5. The minimum absolute atomic E-state index is 0. The van der Waals surface area contributed by atoms with E-state index in [0.29, 0.717) is 51.4 Å². The zero-order valence-corrected chi connectivity index (χ0v) is 18.8. The molecule has 0 aromatic heterocycles. The summed E-state index contributed by atoms with van der Waals surface area (Å²) in [4.78, 5) is 32.3. The van der Waals surface area contributed by atoms with Crippen LogP contribution >= 0.6 is 24.0 Å². The van der Waals surface area contributed by atoms with Gasteiger partial charge in [0.1, 0.15) is 0 Å². The summed E-state index contributed by atoms with van der Waals surface area (Å²) in [5.74, 6) is 0.703. The lowest BCUT2D eigenvalue weighted by molar-refractivity contribution is 0.0914. The summed E-state index contributed by atoms with van der Waals surface area (Å²) in [6.45, 7) is 8.52. The number of amides is 2. The third kappa shape index (κ3) is 7.53. The lowest BCUT2D eigenvalue weighted by atomic mass is 10.2. The highest BCUT2D eigenvalue weighted by molar-refractivity contribution is 14.0. The Hall–Kier alpha value is -2.04. The highest BCUT2D eigenvalue weighted by Gasteiger charge is 2.23. The van der Waals surface area contributed by atoms with E-state index in [1.807, 2.05) is 25.1 Å². The van der Waals surface area contributed by atoms with Crippen molar-refractivity contribution in [1.82, 2.24) is 20.4 Å². The van der Waals surface area contributed by atoms with Crippen LogP contribution in [0.25, 0.3) is 0 Å². The van der Waals surface area contributed by atoms with Crippen LogP contribution in [-0.2, 0) is 4.74 Å². The molecule has 2 rings (SSSR count). The Morgan fingerprint density at radius 2 is 1.68 bits per heavy atom. The number of hydrogen-bond donors (Lipinski definition) is 2. The van der Waals surface area contributed by atoms with E-state index < -0.39 is 0 Å². The summed E-state index contributed by atoms with van der Waals surface area (Å²) in [7, 11) is 0. The molecule has 1 heterocycles. The molecular weight excluding hydrogens is 473 g/mol. The normalized spacial score (nSPS) is 14.1. The molecule has 0 saturated carbocycles. The van der Waals surface area contributed by atoms with Gasteiger partial charge in [-0.3, -0.25) is 9.79 Å². The molecule has 0 unspecified atom stereocenters. The lowest BCUT2D eigenvalue weighted by Crippen LogP contribution is -2.54. The van der Waals surface area contributed by atoms with E-state index >= 15 is 0 Å². The second-order valence-corrected chi connectivity index (χ2v) is 6.03. The van der Waals surface area contributed by atoms with Gasteiger partial charge in [-0.15, -0.1) is 24.0 Å². The number of halogens is 1. The molecule has 156 valence electrons. The van der Waals surface area contributed by atoms with Crippen LogP contribution in [0.3, 0.4) is 0 Å². The minimum Gasteiger partial charge on any atom is -0.450 e. The van der Waals surface area contributed by atoms with Crippen LogP contribution < -0.4 is 10.6 Å². The molecule has 2 N–H and O–H groups in total. The summed E-state index contributed by atoms with van der Waals surface area (Å²) in [6.07, 6.45) is -0.261. The molecule has 1 aromatic rings. The van der Waals surface area contributed by atoms with Gasteiger partial charge in [-0.25, -0.2) is 4.79 Å². The fraction of sp³-hybridized carbons (Fsp3) is 0.526. The van der Waals surface area contributed by atoms with Gasteiger partial charge in [-0.05, 0) is 26.0 Å². The number of aliphatic imine (C=N–C) groups is 1. The number of benzene rings is 1. The summed E-state index contributed by atoms with van der Waals surface area (Å²) in [5, 5.41) is 6.14. The van der Waals surface area contributed by atoms with Crippen LogP contribution in [0.2, 0.25) is 0 Å². The van der Waals surface area contributed by atoms with E-state index in [4.69, 9.17) is 4.74 Å². The second-order valence-electron chi connectivity index (χ2n) is 6.03. The first-order valence-electron chi connectivity index (χ1n) is 9.44. The number of hydrogen-bond acceptors (Lipinski definition) is 4. The molecule has 28 heavy (non-hydrogen) atoms. The van der Waals surface area contributed by atoms with Crippen molar-refractivity contribution in [2.24, 2.45) is 4.99 Å². The number of carbonyl (C=O) groups excluding carboxylic acids is 2. The molecule has 1 fully saturated rings. The third-order valence-corrected chi connectivity index (χ3v) is 4.14.